The number of aromatic nitrogens is 1. The van der Waals surface area contributed by atoms with Gasteiger partial charge in [-0.3, -0.25) is 14.5 Å². The lowest BCUT2D eigenvalue weighted by molar-refractivity contribution is 0.0971. The Hall–Kier alpha value is -4.43. The second-order valence-electron chi connectivity index (χ2n) is 9.07. The molecule has 0 unspecified atom stereocenters. The molecular weight excluding hydrogens is 500 g/mol. The quantitative estimate of drug-likeness (QED) is 0.263. The number of ether oxygens (including phenoxy) is 2. The van der Waals surface area contributed by atoms with Crippen LogP contribution in [-0.4, -0.2) is 18.0 Å². The first-order chi connectivity index (χ1) is 18.5. The second kappa shape index (κ2) is 9.46. The van der Waals surface area contributed by atoms with E-state index in [9.17, 15) is 9.59 Å². The fraction of sp³-hybridized carbons (Fsp3) is 0.167. The van der Waals surface area contributed by atoms with Gasteiger partial charge in [0.15, 0.2) is 22.1 Å². The number of thiazole rings is 1. The summed E-state index contributed by atoms with van der Waals surface area (Å²) in [6, 6.07) is 21.5. The summed E-state index contributed by atoms with van der Waals surface area (Å²) in [5.74, 6) is 0.691. The minimum atomic E-state index is -0.736. The first kappa shape index (κ1) is 23.9. The molecule has 0 N–H and O–H groups in total. The molecule has 5 aromatic rings. The van der Waals surface area contributed by atoms with Gasteiger partial charge in [-0.25, -0.2) is 4.98 Å². The van der Waals surface area contributed by atoms with Crippen molar-refractivity contribution in [2.45, 2.75) is 26.5 Å². The van der Waals surface area contributed by atoms with Crippen LogP contribution in [0.25, 0.3) is 11.0 Å². The molecule has 1 aliphatic rings. The predicted molar refractivity (Wildman–Crippen MR) is 146 cm³/mol. The van der Waals surface area contributed by atoms with Gasteiger partial charge in [-0.2, -0.15) is 0 Å². The average molecular weight is 525 g/mol. The summed E-state index contributed by atoms with van der Waals surface area (Å²) in [6.45, 7) is 4.23. The van der Waals surface area contributed by atoms with E-state index >= 15 is 0 Å². The molecule has 3 aromatic carbocycles. The number of carbonyl (C=O) groups is 1. The van der Waals surface area contributed by atoms with E-state index in [0.29, 0.717) is 45.3 Å². The van der Waals surface area contributed by atoms with E-state index in [0.717, 1.165) is 16.1 Å². The van der Waals surface area contributed by atoms with E-state index in [1.165, 1.54) is 11.3 Å². The fourth-order valence-corrected chi connectivity index (χ4v) is 5.64. The molecule has 1 aliphatic heterocycles. The molecule has 6 rings (SSSR count). The molecule has 38 heavy (non-hydrogen) atoms. The van der Waals surface area contributed by atoms with Gasteiger partial charge in [-0.1, -0.05) is 48.5 Å². The van der Waals surface area contributed by atoms with E-state index < -0.39 is 11.9 Å². The molecule has 0 bridgehead atoms. The highest BCUT2D eigenvalue weighted by atomic mass is 32.1. The number of anilines is 1. The first-order valence-electron chi connectivity index (χ1n) is 12.1. The Morgan fingerprint density at radius 2 is 1.74 bits per heavy atom. The van der Waals surface area contributed by atoms with Crippen molar-refractivity contribution >= 4 is 33.3 Å². The van der Waals surface area contributed by atoms with Crippen molar-refractivity contribution in [2.24, 2.45) is 0 Å². The third-order valence-electron chi connectivity index (χ3n) is 6.74. The molecule has 1 atom stereocenters. The molecule has 2 aromatic heterocycles. The smallest absolute Gasteiger partial charge is 0.297 e. The number of hydrogen-bond acceptors (Lipinski definition) is 7. The Balaban J connectivity index is 1.49. The van der Waals surface area contributed by atoms with Gasteiger partial charge >= 0.3 is 0 Å². The van der Waals surface area contributed by atoms with Crippen molar-refractivity contribution < 1.29 is 18.7 Å². The number of rotatable bonds is 6. The van der Waals surface area contributed by atoms with E-state index in [2.05, 4.69) is 4.98 Å². The van der Waals surface area contributed by atoms with E-state index in [-0.39, 0.29) is 11.2 Å². The van der Waals surface area contributed by atoms with E-state index in [1.807, 2.05) is 56.3 Å². The molecular formula is C30H24N2O5S. The van der Waals surface area contributed by atoms with Gasteiger partial charge in [0.1, 0.15) is 12.2 Å². The lowest BCUT2D eigenvalue weighted by Gasteiger charge is -2.23. The molecule has 1 amide bonds. The van der Waals surface area contributed by atoms with Crippen LogP contribution in [0.15, 0.2) is 82.0 Å². The Morgan fingerprint density at radius 3 is 2.47 bits per heavy atom. The predicted octanol–water partition coefficient (Wildman–Crippen LogP) is 6.20. The molecule has 7 nitrogen and oxygen atoms in total. The van der Waals surface area contributed by atoms with Crippen LogP contribution in [-0.2, 0) is 6.61 Å². The topological polar surface area (TPSA) is 81.9 Å². The lowest BCUT2D eigenvalue weighted by Crippen LogP contribution is -2.29. The van der Waals surface area contributed by atoms with Crippen molar-refractivity contribution in [3.63, 3.8) is 0 Å². The van der Waals surface area contributed by atoms with Crippen molar-refractivity contribution in [2.75, 3.05) is 12.0 Å². The number of carbonyl (C=O) groups excluding carboxylic acids is 1. The maximum Gasteiger partial charge on any atom is 0.297 e. The molecule has 0 aliphatic carbocycles. The van der Waals surface area contributed by atoms with Crippen LogP contribution in [0, 0.1) is 13.8 Å². The Kier molecular flexibility index (Phi) is 5.96. The fourth-order valence-electron chi connectivity index (χ4n) is 4.70. The third kappa shape index (κ3) is 3.94. The minimum absolute atomic E-state index is 0.0348. The maximum atomic E-state index is 13.8. The van der Waals surface area contributed by atoms with Gasteiger partial charge < -0.3 is 13.9 Å². The average Bonchev–Trinajstić information content (AvgIpc) is 3.43. The van der Waals surface area contributed by atoms with Crippen LogP contribution in [0.3, 0.4) is 0 Å². The maximum absolute atomic E-state index is 13.8. The molecule has 0 saturated heterocycles. The van der Waals surface area contributed by atoms with Crippen molar-refractivity contribution in [1.82, 2.24) is 4.98 Å². The number of hydrogen-bond donors (Lipinski definition) is 0. The molecule has 3 heterocycles. The van der Waals surface area contributed by atoms with Crippen LogP contribution in [0.4, 0.5) is 5.13 Å². The molecule has 0 radical (unpaired) electrons. The van der Waals surface area contributed by atoms with Gasteiger partial charge in [-0.15, -0.1) is 11.3 Å². The monoisotopic (exact) mass is 524 g/mol. The van der Waals surface area contributed by atoms with Crippen LogP contribution in [0.1, 0.15) is 43.9 Å². The van der Waals surface area contributed by atoms with Gasteiger partial charge in [0.25, 0.3) is 5.91 Å². The van der Waals surface area contributed by atoms with Crippen LogP contribution >= 0.6 is 11.3 Å². The highest BCUT2D eigenvalue weighted by Crippen LogP contribution is 2.44. The van der Waals surface area contributed by atoms with Crippen LogP contribution in [0.2, 0.25) is 0 Å². The summed E-state index contributed by atoms with van der Waals surface area (Å²) in [4.78, 5) is 34.7. The summed E-state index contributed by atoms with van der Waals surface area (Å²) in [6.07, 6.45) is 0. The molecule has 0 saturated carbocycles. The van der Waals surface area contributed by atoms with Gasteiger partial charge in [0.05, 0.1) is 29.8 Å². The number of amides is 1. The summed E-state index contributed by atoms with van der Waals surface area (Å²) in [7, 11) is 1.56. The van der Waals surface area contributed by atoms with E-state index in [1.54, 1.807) is 42.3 Å². The number of methoxy groups -OCH3 is 1. The lowest BCUT2D eigenvalue weighted by atomic mass is 9.98. The van der Waals surface area contributed by atoms with E-state index in [4.69, 9.17) is 13.9 Å². The standard InChI is InChI=1S/C30H24N2O5S/c1-17-18(2)38-30(31-17)32-26(25-27(33)21-11-7-8-12-22(21)37-28(25)29(32)34)20-13-14-23(24(15-20)35-3)36-16-19-9-5-4-6-10-19/h4-15,26H,16H2,1-3H3/t26-/m0/s1. The summed E-state index contributed by atoms with van der Waals surface area (Å²) < 4.78 is 17.7. The summed E-state index contributed by atoms with van der Waals surface area (Å²) in [5, 5.41) is 0.931. The Morgan fingerprint density at radius 1 is 0.974 bits per heavy atom. The zero-order valence-corrected chi connectivity index (χ0v) is 21.9. The van der Waals surface area contributed by atoms with Gasteiger partial charge in [-0.05, 0) is 49.2 Å². The van der Waals surface area contributed by atoms with Gasteiger partial charge in [0, 0.05) is 4.88 Å². The zero-order chi connectivity index (χ0) is 26.4. The van der Waals surface area contributed by atoms with Crippen molar-refractivity contribution in [1.29, 1.82) is 0 Å². The Labute approximate surface area is 222 Å². The number of fused-ring (bicyclic) bond motifs is 2. The molecule has 8 heteroatoms. The normalized spacial score (nSPS) is 14.7. The number of aryl methyl sites for hydroxylation is 2. The zero-order valence-electron chi connectivity index (χ0n) is 21.1. The number of benzene rings is 3. The molecule has 190 valence electrons. The second-order valence-corrected chi connectivity index (χ2v) is 10.3. The van der Waals surface area contributed by atoms with Crippen molar-refractivity contribution in [3.05, 3.63) is 116 Å². The van der Waals surface area contributed by atoms with Crippen molar-refractivity contribution in [3.8, 4) is 11.5 Å². The third-order valence-corrected chi connectivity index (χ3v) is 7.81. The first-order valence-corrected chi connectivity index (χ1v) is 13.0. The highest BCUT2D eigenvalue weighted by molar-refractivity contribution is 7.15. The SMILES string of the molecule is COc1cc([C@H]2c3c(oc4ccccc4c3=O)C(=O)N2c2nc(C)c(C)s2)ccc1OCc1ccccc1. The minimum Gasteiger partial charge on any atom is -0.493 e. The summed E-state index contributed by atoms with van der Waals surface area (Å²) >= 11 is 1.41. The number of para-hydroxylation sites is 1. The molecule has 0 fully saturated rings. The number of nitrogens with zero attached hydrogens (tertiary/aromatic N) is 2. The molecule has 0 spiro atoms. The largest absolute Gasteiger partial charge is 0.493 e. The summed E-state index contributed by atoms with van der Waals surface area (Å²) in [5.41, 5.74) is 2.97. The highest BCUT2D eigenvalue weighted by Gasteiger charge is 2.45. The van der Waals surface area contributed by atoms with Gasteiger partial charge in [0.2, 0.25) is 5.76 Å². The Bertz CT molecular complexity index is 1720. The van der Waals surface area contributed by atoms with Crippen LogP contribution < -0.4 is 19.8 Å². The van der Waals surface area contributed by atoms with Crippen LogP contribution in [0.5, 0.6) is 11.5 Å².